The lowest BCUT2D eigenvalue weighted by Gasteiger charge is -2.23. The number of aromatic nitrogens is 2. The van der Waals surface area contributed by atoms with Gasteiger partial charge in [0.1, 0.15) is 17.9 Å². The van der Waals surface area contributed by atoms with Crippen LogP contribution in [-0.2, 0) is 4.79 Å². The molecule has 0 fully saturated rings. The van der Waals surface area contributed by atoms with Crippen molar-refractivity contribution in [2.24, 2.45) is 0 Å². The molecule has 0 radical (unpaired) electrons. The lowest BCUT2D eigenvalue weighted by Crippen LogP contribution is -2.24. The van der Waals surface area contributed by atoms with Crippen LogP contribution in [-0.4, -0.2) is 20.6 Å². The number of nitrogens with zero attached hydrogens (tertiary/aromatic N) is 2. The second kappa shape index (κ2) is 5.79. The number of phenolic OH excluding ortho intramolecular Hbond substituents is 1. The first kappa shape index (κ1) is 15.0. The molecule has 1 aliphatic heterocycles. The van der Waals surface area contributed by atoms with E-state index in [0.29, 0.717) is 12.2 Å². The van der Waals surface area contributed by atoms with Gasteiger partial charge in [0.15, 0.2) is 0 Å². The van der Waals surface area contributed by atoms with Crippen LogP contribution in [0.4, 0.5) is 5.82 Å². The Balaban J connectivity index is 1.85. The van der Waals surface area contributed by atoms with Gasteiger partial charge in [0.05, 0.1) is 11.4 Å². The van der Waals surface area contributed by atoms with E-state index in [0.717, 1.165) is 21.4 Å². The number of anilines is 1. The van der Waals surface area contributed by atoms with Gasteiger partial charge in [-0.1, -0.05) is 24.3 Å². The van der Waals surface area contributed by atoms with Gasteiger partial charge in [-0.05, 0) is 45.8 Å². The van der Waals surface area contributed by atoms with Gasteiger partial charge >= 0.3 is 0 Å². The minimum atomic E-state index is -0.176. The summed E-state index contributed by atoms with van der Waals surface area (Å²) >= 11 is 3.54. The van der Waals surface area contributed by atoms with Crippen molar-refractivity contribution in [2.45, 2.75) is 12.3 Å². The van der Waals surface area contributed by atoms with Crippen LogP contribution in [0.1, 0.15) is 23.6 Å². The summed E-state index contributed by atoms with van der Waals surface area (Å²) in [5, 5.41) is 12.7. The minimum absolute atomic E-state index is 0.0651. The van der Waals surface area contributed by atoms with Gasteiger partial charge in [-0.15, -0.1) is 0 Å². The molecule has 0 saturated heterocycles. The summed E-state index contributed by atoms with van der Waals surface area (Å²) < 4.78 is 2.78. The van der Waals surface area contributed by atoms with E-state index >= 15 is 0 Å². The average molecular weight is 384 g/mol. The first-order valence-electron chi connectivity index (χ1n) is 7.54. The maximum Gasteiger partial charge on any atom is 0.226 e. The Bertz CT molecular complexity index is 936. The molecule has 1 aromatic heterocycles. The summed E-state index contributed by atoms with van der Waals surface area (Å²) in [4.78, 5) is 16.8. The number of para-hydroxylation sites is 1. The Hall–Kier alpha value is -2.60. The number of imidazole rings is 1. The van der Waals surface area contributed by atoms with Crippen LogP contribution in [0.2, 0.25) is 0 Å². The molecule has 2 N–H and O–H groups in total. The fraction of sp³-hybridized carbons (Fsp3) is 0.111. The van der Waals surface area contributed by atoms with Gasteiger partial charge in [0.25, 0.3) is 0 Å². The molecule has 0 bridgehead atoms. The maximum atomic E-state index is 12.2. The predicted octanol–water partition coefficient (Wildman–Crippen LogP) is 3.81. The third-order valence-corrected chi connectivity index (χ3v) is 4.83. The van der Waals surface area contributed by atoms with Crippen molar-refractivity contribution >= 4 is 27.7 Å². The quantitative estimate of drug-likeness (QED) is 0.706. The summed E-state index contributed by atoms with van der Waals surface area (Å²) in [5.74, 6) is 0.617. The van der Waals surface area contributed by atoms with Crippen molar-refractivity contribution in [1.82, 2.24) is 9.55 Å². The molecule has 2 aromatic carbocycles. The molecular weight excluding hydrogens is 370 g/mol. The van der Waals surface area contributed by atoms with E-state index < -0.39 is 0 Å². The molecule has 0 aliphatic carbocycles. The molecular formula is C18H14BrN3O2. The zero-order valence-electron chi connectivity index (χ0n) is 12.6. The largest absolute Gasteiger partial charge is 0.508 e. The number of carbonyl (C=O) groups is 1. The summed E-state index contributed by atoms with van der Waals surface area (Å²) in [6.07, 6.45) is 2.02. The monoisotopic (exact) mass is 383 g/mol. The Morgan fingerprint density at radius 1 is 1.21 bits per heavy atom. The van der Waals surface area contributed by atoms with E-state index in [-0.39, 0.29) is 17.6 Å². The molecule has 3 aromatic rings. The number of rotatable bonds is 2. The molecule has 0 spiro atoms. The van der Waals surface area contributed by atoms with E-state index in [4.69, 9.17) is 0 Å². The summed E-state index contributed by atoms with van der Waals surface area (Å²) in [5.41, 5.74) is 2.59. The Kier molecular flexibility index (Phi) is 3.61. The number of carbonyl (C=O) groups excluding carboxylic acids is 1. The van der Waals surface area contributed by atoms with E-state index in [1.807, 2.05) is 34.9 Å². The highest BCUT2D eigenvalue weighted by Crippen LogP contribution is 2.38. The van der Waals surface area contributed by atoms with Crippen molar-refractivity contribution in [2.75, 3.05) is 5.32 Å². The highest BCUT2D eigenvalue weighted by molar-refractivity contribution is 9.10. The topological polar surface area (TPSA) is 67.1 Å². The highest BCUT2D eigenvalue weighted by atomic mass is 79.9. The number of aromatic hydroxyl groups is 1. The number of fused-ring (bicyclic) bond motifs is 1. The first-order chi connectivity index (χ1) is 11.6. The van der Waals surface area contributed by atoms with Crippen LogP contribution in [0.3, 0.4) is 0 Å². The van der Waals surface area contributed by atoms with E-state index in [9.17, 15) is 9.90 Å². The molecule has 2 heterocycles. The summed E-state index contributed by atoms with van der Waals surface area (Å²) in [6, 6.07) is 14.8. The van der Waals surface area contributed by atoms with Crippen molar-refractivity contribution in [3.8, 4) is 11.4 Å². The van der Waals surface area contributed by atoms with Crippen LogP contribution < -0.4 is 5.32 Å². The molecule has 0 unspecified atom stereocenters. The van der Waals surface area contributed by atoms with Gasteiger partial charge in [0, 0.05) is 16.8 Å². The van der Waals surface area contributed by atoms with Gasteiger partial charge in [-0.3, -0.25) is 9.36 Å². The lowest BCUT2D eigenvalue weighted by atomic mass is 9.90. The number of phenols is 1. The Morgan fingerprint density at radius 3 is 2.83 bits per heavy atom. The van der Waals surface area contributed by atoms with Crippen LogP contribution >= 0.6 is 15.9 Å². The van der Waals surface area contributed by atoms with Crippen LogP contribution in [0, 0.1) is 0 Å². The molecule has 1 atom stereocenters. The second-order valence-corrected chi connectivity index (χ2v) is 6.55. The summed E-state index contributed by atoms with van der Waals surface area (Å²) in [7, 11) is 0. The zero-order valence-corrected chi connectivity index (χ0v) is 14.2. The standard InChI is InChI=1S/C18H14BrN3O2/c19-14-6-1-2-7-15(14)22-10-20-17-13(9-16(24)21-18(17)22)11-4-3-5-12(23)8-11/h1-8,10,13,23H,9H2,(H,21,24)/t13-/m0/s1. The van der Waals surface area contributed by atoms with E-state index in [2.05, 4.69) is 26.2 Å². The van der Waals surface area contributed by atoms with Crippen molar-refractivity contribution in [3.63, 3.8) is 0 Å². The number of amides is 1. The van der Waals surface area contributed by atoms with Crippen molar-refractivity contribution in [1.29, 1.82) is 0 Å². The molecule has 4 rings (SSSR count). The second-order valence-electron chi connectivity index (χ2n) is 5.70. The average Bonchev–Trinajstić information content (AvgIpc) is 2.98. The van der Waals surface area contributed by atoms with Crippen LogP contribution in [0.15, 0.2) is 59.3 Å². The normalized spacial score (nSPS) is 16.5. The summed E-state index contributed by atoms with van der Waals surface area (Å²) in [6.45, 7) is 0. The number of nitrogens with one attached hydrogen (secondary N) is 1. The Morgan fingerprint density at radius 2 is 2.04 bits per heavy atom. The van der Waals surface area contributed by atoms with E-state index in [1.165, 1.54) is 0 Å². The van der Waals surface area contributed by atoms with Gasteiger partial charge in [0.2, 0.25) is 5.91 Å². The van der Waals surface area contributed by atoms with Crippen LogP contribution in [0.25, 0.3) is 5.69 Å². The minimum Gasteiger partial charge on any atom is -0.508 e. The SMILES string of the molecule is O=C1C[C@@H](c2cccc(O)c2)c2ncn(-c3ccccc3Br)c2N1. The molecule has 1 amide bonds. The molecule has 120 valence electrons. The molecule has 6 heteroatoms. The van der Waals surface area contributed by atoms with Crippen LogP contribution in [0.5, 0.6) is 5.75 Å². The van der Waals surface area contributed by atoms with Gasteiger partial charge in [-0.2, -0.15) is 0 Å². The Labute approximate surface area is 147 Å². The third-order valence-electron chi connectivity index (χ3n) is 4.16. The highest BCUT2D eigenvalue weighted by Gasteiger charge is 2.31. The molecule has 0 saturated carbocycles. The van der Waals surface area contributed by atoms with Crippen molar-refractivity contribution < 1.29 is 9.90 Å². The van der Waals surface area contributed by atoms with Gasteiger partial charge < -0.3 is 10.4 Å². The molecule has 1 aliphatic rings. The zero-order chi connectivity index (χ0) is 16.7. The van der Waals surface area contributed by atoms with Crippen molar-refractivity contribution in [3.05, 3.63) is 70.6 Å². The predicted molar refractivity (Wildman–Crippen MR) is 94.5 cm³/mol. The lowest BCUT2D eigenvalue weighted by molar-refractivity contribution is -0.116. The maximum absolute atomic E-state index is 12.2. The number of hydrogen-bond donors (Lipinski definition) is 2. The smallest absolute Gasteiger partial charge is 0.226 e. The fourth-order valence-electron chi connectivity index (χ4n) is 3.05. The number of halogens is 1. The van der Waals surface area contributed by atoms with E-state index in [1.54, 1.807) is 24.5 Å². The number of hydrogen-bond acceptors (Lipinski definition) is 3. The first-order valence-corrected chi connectivity index (χ1v) is 8.33. The third kappa shape index (κ3) is 2.49. The molecule has 24 heavy (non-hydrogen) atoms. The number of benzene rings is 2. The molecule has 5 nitrogen and oxygen atoms in total. The fourth-order valence-corrected chi connectivity index (χ4v) is 3.53. The van der Waals surface area contributed by atoms with Gasteiger partial charge in [-0.25, -0.2) is 4.98 Å².